The topological polar surface area (TPSA) is 82.1 Å². The number of guanidine groups is 1. The molecular formula is C17H35IN4O3S. The fourth-order valence-corrected chi connectivity index (χ4v) is 4.23. The number of piperazine rings is 1. The van der Waals surface area contributed by atoms with Gasteiger partial charge in [-0.25, -0.2) is 8.42 Å². The van der Waals surface area contributed by atoms with E-state index in [2.05, 4.69) is 10.3 Å². The summed E-state index contributed by atoms with van der Waals surface area (Å²) < 4.78 is 23.7. The van der Waals surface area contributed by atoms with E-state index in [1.54, 1.807) is 27.8 Å². The highest BCUT2D eigenvalue weighted by atomic mass is 127. The Hall–Kier alpha value is -0.580. The van der Waals surface area contributed by atoms with Crippen LogP contribution in [0.1, 0.15) is 48.5 Å². The quantitative estimate of drug-likeness (QED) is 0.360. The lowest BCUT2D eigenvalue weighted by Crippen LogP contribution is -2.66. The number of halogens is 1. The Labute approximate surface area is 175 Å². The molecule has 0 saturated carbocycles. The zero-order valence-corrected chi connectivity index (χ0v) is 20.4. The zero-order chi connectivity index (χ0) is 19.6. The largest absolute Gasteiger partial charge is 0.355 e. The predicted molar refractivity (Wildman–Crippen MR) is 118 cm³/mol. The maximum absolute atomic E-state index is 12.6. The molecule has 1 rings (SSSR count). The highest BCUT2D eigenvalue weighted by Gasteiger charge is 2.40. The fraction of sp³-hybridized carbons (Fsp3) is 0.882. The van der Waals surface area contributed by atoms with Gasteiger partial charge in [-0.1, -0.05) is 0 Å². The van der Waals surface area contributed by atoms with Gasteiger partial charge >= 0.3 is 0 Å². The van der Waals surface area contributed by atoms with E-state index in [1.165, 1.54) is 0 Å². The molecule has 26 heavy (non-hydrogen) atoms. The second-order valence-electron chi connectivity index (χ2n) is 8.43. The van der Waals surface area contributed by atoms with Crippen molar-refractivity contribution < 1.29 is 13.2 Å². The number of carbonyl (C=O) groups excluding carboxylic acids is 1. The van der Waals surface area contributed by atoms with Gasteiger partial charge in [0.25, 0.3) is 0 Å². The van der Waals surface area contributed by atoms with Gasteiger partial charge in [0, 0.05) is 26.2 Å². The van der Waals surface area contributed by atoms with E-state index in [0.717, 1.165) is 0 Å². The minimum absolute atomic E-state index is 0. The summed E-state index contributed by atoms with van der Waals surface area (Å²) in [5, 5.41) is 3.10. The fourth-order valence-electron chi connectivity index (χ4n) is 3.25. The Morgan fingerprint density at radius 2 is 1.85 bits per heavy atom. The number of nitrogens with zero attached hydrogens (tertiary/aromatic N) is 3. The molecule has 1 aliphatic rings. The van der Waals surface area contributed by atoms with Crippen molar-refractivity contribution in [2.75, 3.05) is 32.4 Å². The van der Waals surface area contributed by atoms with Crippen molar-refractivity contribution >= 4 is 45.7 Å². The van der Waals surface area contributed by atoms with Crippen LogP contribution in [0.15, 0.2) is 4.99 Å². The smallest absolute Gasteiger partial charge is 0.242 e. The number of amides is 1. The maximum Gasteiger partial charge on any atom is 0.242 e. The van der Waals surface area contributed by atoms with E-state index in [9.17, 15) is 13.2 Å². The van der Waals surface area contributed by atoms with Crippen molar-refractivity contribution in [3.8, 4) is 0 Å². The van der Waals surface area contributed by atoms with Crippen molar-refractivity contribution in [1.29, 1.82) is 0 Å². The van der Waals surface area contributed by atoms with Gasteiger partial charge < -0.3 is 15.1 Å². The summed E-state index contributed by atoms with van der Waals surface area (Å²) in [6.45, 7) is 14.3. The van der Waals surface area contributed by atoms with Crippen LogP contribution in [-0.4, -0.2) is 78.8 Å². The molecule has 0 spiro atoms. The van der Waals surface area contributed by atoms with E-state index in [0.29, 0.717) is 12.5 Å². The third-order valence-electron chi connectivity index (χ3n) is 4.44. The molecule has 1 N–H and O–H groups in total. The highest BCUT2D eigenvalue weighted by Crippen LogP contribution is 2.24. The first-order valence-corrected chi connectivity index (χ1v) is 10.4. The van der Waals surface area contributed by atoms with Crippen LogP contribution in [-0.2, 0) is 14.6 Å². The van der Waals surface area contributed by atoms with Crippen LogP contribution in [0.3, 0.4) is 0 Å². The summed E-state index contributed by atoms with van der Waals surface area (Å²) in [5.74, 6) is 0.643. The first kappa shape index (κ1) is 25.4. The van der Waals surface area contributed by atoms with E-state index < -0.39 is 14.6 Å². The summed E-state index contributed by atoms with van der Waals surface area (Å²) in [6.07, 6.45) is 0. The Bertz CT molecular complexity index is 624. The molecule has 1 fully saturated rings. The van der Waals surface area contributed by atoms with Crippen LogP contribution in [0.25, 0.3) is 0 Å². The Morgan fingerprint density at radius 3 is 2.23 bits per heavy atom. The van der Waals surface area contributed by atoms with Crippen LogP contribution in [0, 0.1) is 0 Å². The Balaban J connectivity index is 0.00000625. The van der Waals surface area contributed by atoms with Gasteiger partial charge in [-0.05, 0) is 48.5 Å². The number of rotatable bonds is 4. The van der Waals surface area contributed by atoms with Gasteiger partial charge in [-0.3, -0.25) is 9.79 Å². The number of hydrogen-bond acceptors (Lipinski definition) is 4. The molecule has 0 aliphatic carbocycles. The van der Waals surface area contributed by atoms with E-state index in [1.807, 2.05) is 37.5 Å². The lowest BCUT2D eigenvalue weighted by Gasteiger charge is -2.49. The summed E-state index contributed by atoms with van der Waals surface area (Å²) in [7, 11) is -1.55. The van der Waals surface area contributed by atoms with E-state index >= 15 is 0 Å². The minimum Gasteiger partial charge on any atom is -0.355 e. The highest BCUT2D eigenvalue weighted by molar-refractivity contribution is 14.0. The first-order chi connectivity index (χ1) is 11.2. The van der Waals surface area contributed by atoms with Crippen molar-refractivity contribution in [3.63, 3.8) is 0 Å². The van der Waals surface area contributed by atoms with Gasteiger partial charge in [0.05, 0.1) is 22.6 Å². The molecular weight excluding hydrogens is 467 g/mol. The summed E-state index contributed by atoms with van der Waals surface area (Å²) >= 11 is 0. The Morgan fingerprint density at radius 1 is 1.31 bits per heavy atom. The molecule has 0 aromatic heterocycles. The summed E-state index contributed by atoms with van der Waals surface area (Å²) in [5.41, 5.74) is -0.321. The van der Waals surface area contributed by atoms with Crippen LogP contribution in [0.4, 0.5) is 0 Å². The van der Waals surface area contributed by atoms with Crippen LogP contribution >= 0.6 is 24.0 Å². The third-order valence-corrected chi connectivity index (χ3v) is 7.05. The molecule has 0 atom stereocenters. The molecule has 0 unspecified atom stereocenters. The second kappa shape index (κ2) is 9.07. The average Bonchev–Trinajstić information content (AvgIpc) is 2.39. The van der Waals surface area contributed by atoms with Crippen LogP contribution in [0.2, 0.25) is 0 Å². The molecule has 9 heteroatoms. The number of aliphatic imine (C=N–C) groups is 1. The van der Waals surface area contributed by atoms with Crippen LogP contribution < -0.4 is 5.32 Å². The summed E-state index contributed by atoms with van der Waals surface area (Å²) in [6, 6.07) is 0.136. The van der Waals surface area contributed by atoms with Crippen molar-refractivity contribution in [2.45, 2.75) is 64.8 Å². The van der Waals surface area contributed by atoms with Gasteiger partial charge in [-0.2, -0.15) is 0 Å². The second-order valence-corrected chi connectivity index (χ2v) is 11.3. The zero-order valence-electron chi connectivity index (χ0n) is 17.3. The van der Waals surface area contributed by atoms with Gasteiger partial charge in [-0.15, -0.1) is 24.0 Å². The standard InChI is InChI=1S/C17H34N4O3S.HI/c1-13(2)21-14(22)11-20(12-17(21,6)7)15(18-8)19-9-10-25(23,24)16(3,4)5;/h13H,9-12H2,1-8H3,(H,18,19);1H. The monoisotopic (exact) mass is 502 g/mol. The van der Waals surface area contributed by atoms with Gasteiger partial charge in [0.15, 0.2) is 15.8 Å². The molecule has 7 nitrogen and oxygen atoms in total. The van der Waals surface area contributed by atoms with E-state index in [4.69, 9.17) is 0 Å². The lowest BCUT2D eigenvalue weighted by molar-refractivity contribution is -0.145. The number of nitrogens with one attached hydrogen (secondary N) is 1. The molecule has 1 aliphatic heterocycles. The maximum atomic E-state index is 12.6. The molecule has 0 bridgehead atoms. The van der Waals surface area contributed by atoms with E-state index in [-0.39, 0.29) is 60.3 Å². The van der Waals surface area contributed by atoms with Crippen molar-refractivity contribution in [3.05, 3.63) is 0 Å². The Kier molecular flexibility index (Phi) is 8.87. The molecule has 154 valence electrons. The normalized spacial score (nSPS) is 18.8. The number of carbonyl (C=O) groups is 1. The molecule has 1 amide bonds. The molecule has 0 aromatic carbocycles. The van der Waals surface area contributed by atoms with Crippen molar-refractivity contribution in [1.82, 2.24) is 15.1 Å². The number of hydrogen-bond donors (Lipinski definition) is 1. The number of sulfone groups is 1. The molecule has 1 saturated heterocycles. The molecule has 1 heterocycles. The molecule has 0 radical (unpaired) electrons. The minimum atomic E-state index is -3.20. The van der Waals surface area contributed by atoms with Gasteiger partial charge in [0.2, 0.25) is 5.91 Å². The van der Waals surface area contributed by atoms with Crippen molar-refractivity contribution in [2.24, 2.45) is 4.99 Å². The lowest BCUT2D eigenvalue weighted by atomic mass is 9.96. The average molecular weight is 502 g/mol. The first-order valence-electron chi connectivity index (χ1n) is 8.73. The third kappa shape index (κ3) is 5.97. The predicted octanol–water partition coefficient (Wildman–Crippen LogP) is 1.72. The van der Waals surface area contributed by atoms with Gasteiger partial charge in [0.1, 0.15) is 0 Å². The SMILES string of the molecule is CN=C(NCCS(=O)(=O)C(C)(C)C)N1CC(=O)N(C(C)C)C(C)(C)C1.I. The van der Waals surface area contributed by atoms with Crippen LogP contribution in [0.5, 0.6) is 0 Å². The summed E-state index contributed by atoms with van der Waals surface area (Å²) in [4.78, 5) is 20.6. The molecule has 0 aromatic rings.